The zero-order valence-electron chi connectivity index (χ0n) is 15.3. The molecule has 4 N–H and O–H groups in total. The summed E-state index contributed by atoms with van der Waals surface area (Å²) in [6, 6.07) is -2.23. The van der Waals surface area contributed by atoms with Crippen molar-refractivity contribution in [3.63, 3.8) is 0 Å². The first-order chi connectivity index (χ1) is 12.0. The van der Waals surface area contributed by atoms with E-state index in [1.807, 2.05) is 21.1 Å². The van der Waals surface area contributed by atoms with Crippen LogP contribution in [0.3, 0.4) is 0 Å². The maximum absolute atomic E-state index is 12.0. The number of nitrogens with zero attached hydrogens (tertiary/aromatic N) is 1. The van der Waals surface area contributed by atoms with Crippen LogP contribution < -0.4 is 21.5 Å². The predicted molar refractivity (Wildman–Crippen MR) is 94.9 cm³/mol. The van der Waals surface area contributed by atoms with Gasteiger partial charge in [0.2, 0.25) is 11.8 Å². The van der Waals surface area contributed by atoms with Crippen molar-refractivity contribution >= 4 is 36.4 Å². The van der Waals surface area contributed by atoms with Crippen molar-refractivity contribution in [3.8, 4) is 0 Å². The van der Waals surface area contributed by atoms with Crippen molar-refractivity contribution in [1.82, 2.24) is 10.6 Å². The van der Waals surface area contributed by atoms with Gasteiger partial charge in [-0.3, -0.25) is 14.4 Å². The zero-order valence-corrected chi connectivity index (χ0v) is 16.2. The third-order valence-electron chi connectivity index (χ3n) is 3.25. The molecule has 2 atom stereocenters. The number of thiol groups is 1. The number of amides is 2. The van der Waals surface area contributed by atoms with E-state index in [-0.39, 0.29) is 31.7 Å². The van der Waals surface area contributed by atoms with Crippen molar-refractivity contribution in [2.45, 2.75) is 24.9 Å². The van der Waals surface area contributed by atoms with Gasteiger partial charge in [-0.25, -0.2) is 0 Å². The monoisotopic (exact) mass is 392 g/mol. The molecule has 0 aliphatic carbocycles. The van der Waals surface area contributed by atoms with Gasteiger partial charge < -0.3 is 35.5 Å². The first-order valence-electron chi connectivity index (χ1n) is 8.06. The highest BCUT2D eigenvalue weighted by Gasteiger charge is 2.20. The number of nitrogens with two attached hydrogens (primary N) is 1. The topological polar surface area (TPSA) is 151 Å². The average molecular weight is 392 g/mol. The SMILES string of the molecule is C[N+](C)(C)CCOC(=O)CNC(=O)[C@H](CS)NC(=O)CC[C@@H](N)C(=O)[O-]. The molecular formula is C15H28N4O6S. The molecule has 0 saturated carbocycles. The minimum absolute atomic E-state index is 0.000659. The molecule has 0 rings (SSSR count). The van der Waals surface area contributed by atoms with Crippen LogP contribution >= 0.6 is 12.6 Å². The maximum atomic E-state index is 12.0. The Labute approximate surface area is 158 Å². The Morgan fingerprint density at radius 1 is 1.23 bits per heavy atom. The molecule has 0 bridgehead atoms. The zero-order chi connectivity index (χ0) is 20.3. The van der Waals surface area contributed by atoms with Crippen LogP contribution in [0.1, 0.15) is 12.8 Å². The summed E-state index contributed by atoms with van der Waals surface area (Å²) < 4.78 is 5.63. The Kier molecular flexibility index (Phi) is 10.9. The van der Waals surface area contributed by atoms with Gasteiger partial charge in [0.1, 0.15) is 25.7 Å². The number of esters is 1. The molecule has 11 heteroatoms. The van der Waals surface area contributed by atoms with Gasteiger partial charge in [0.05, 0.1) is 27.1 Å². The standard InChI is InChI=1S/C15H28N4O6S/c1-19(2,3)6-7-25-13(21)8-17-14(22)11(9-26)18-12(20)5-4-10(16)15(23)24/h10-11H,4-9,16H2,1-3H3,(H3-,17,18,20,22,23,24,26)/t10-,11+/m1/s1. The molecule has 0 spiro atoms. The van der Waals surface area contributed by atoms with Gasteiger partial charge in [0, 0.05) is 18.2 Å². The van der Waals surface area contributed by atoms with E-state index in [0.29, 0.717) is 11.0 Å². The van der Waals surface area contributed by atoms with Gasteiger partial charge in [-0.2, -0.15) is 12.6 Å². The number of carboxylic acids is 1. The van der Waals surface area contributed by atoms with E-state index < -0.39 is 35.8 Å². The average Bonchev–Trinajstić information content (AvgIpc) is 2.53. The van der Waals surface area contributed by atoms with Crippen molar-refractivity contribution in [2.24, 2.45) is 5.73 Å². The van der Waals surface area contributed by atoms with E-state index >= 15 is 0 Å². The summed E-state index contributed by atoms with van der Waals surface area (Å²) in [6.45, 7) is 0.526. The second kappa shape index (κ2) is 11.7. The van der Waals surface area contributed by atoms with Gasteiger partial charge in [-0.1, -0.05) is 0 Å². The summed E-state index contributed by atoms with van der Waals surface area (Å²) in [7, 11) is 5.86. The van der Waals surface area contributed by atoms with E-state index in [1.54, 1.807) is 0 Å². The summed E-state index contributed by atoms with van der Waals surface area (Å²) in [5.74, 6) is -3.19. The van der Waals surface area contributed by atoms with Crippen LogP contribution in [-0.4, -0.2) is 86.9 Å². The van der Waals surface area contributed by atoms with Crippen molar-refractivity contribution in [3.05, 3.63) is 0 Å². The van der Waals surface area contributed by atoms with E-state index in [2.05, 4.69) is 23.3 Å². The van der Waals surface area contributed by atoms with Crippen LogP contribution in [0.25, 0.3) is 0 Å². The fraction of sp³-hybridized carbons (Fsp3) is 0.733. The van der Waals surface area contributed by atoms with Gasteiger partial charge in [-0.05, 0) is 6.42 Å². The number of aliphatic carboxylic acids is 1. The number of likely N-dealkylation sites (N-methyl/N-ethyl adjacent to an activating group) is 1. The summed E-state index contributed by atoms with van der Waals surface area (Å²) in [5, 5.41) is 15.2. The van der Waals surface area contributed by atoms with E-state index in [4.69, 9.17) is 10.5 Å². The lowest BCUT2D eigenvalue weighted by Gasteiger charge is -2.23. The normalized spacial score (nSPS) is 13.4. The van der Waals surface area contributed by atoms with Crippen LogP contribution in [0, 0.1) is 0 Å². The molecule has 0 radical (unpaired) electrons. The first-order valence-corrected chi connectivity index (χ1v) is 8.70. The number of hydrogen-bond acceptors (Lipinski definition) is 8. The van der Waals surface area contributed by atoms with E-state index in [1.165, 1.54) is 0 Å². The summed E-state index contributed by atoms with van der Waals surface area (Å²) in [6.07, 6.45) is -0.298. The second-order valence-electron chi connectivity index (χ2n) is 6.72. The minimum atomic E-state index is -1.45. The highest BCUT2D eigenvalue weighted by atomic mass is 32.1. The Bertz CT molecular complexity index is 509. The molecule has 0 unspecified atom stereocenters. The summed E-state index contributed by atoms with van der Waals surface area (Å²) in [4.78, 5) is 45.8. The van der Waals surface area contributed by atoms with Crippen LogP contribution in [0.2, 0.25) is 0 Å². The van der Waals surface area contributed by atoms with Crippen molar-refractivity contribution in [1.29, 1.82) is 0 Å². The van der Waals surface area contributed by atoms with Crippen LogP contribution in [-0.2, 0) is 23.9 Å². The Hall–Kier alpha value is -1.85. The van der Waals surface area contributed by atoms with Gasteiger partial charge >= 0.3 is 5.97 Å². The molecule has 0 aliphatic rings. The lowest BCUT2D eigenvalue weighted by Crippen LogP contribution is -2.49. The lowest BCUT2D eigenvalue weighted by atomic mass is 10.1. The number of carbonyl (C=O) groups is 4. The molecular weight excluding hydrogens is 364 g/mol. The highest BCUT2D eigenvalue weighted by Crippen LogP contribution is 1.97. The molecule has 0 aliphatic heterocycles. The second-order valence-corrected chi connectivity index (χ2v) is 7.08. The number of hydrogen-bond donors (Lipinski definition) is 4. The molecule has 0 aromatic heterocycles. The summed E-state index contributed by atoms with van der Waals surface area (Å²) in [5.41, 5.74) is 5.25. The molecule has 150 valence electrons. The van der Waals surface area contributed by atoms with E-state index in [0.717, 1.165) is 0 Å². The van der Waals surface area contributed by atoms with Crippen LogP contribution in [0.5, 0.6) is 0 Å². The van der Waals surface area contributed by atoms with Gasteiger partial charge in [0.15, 0.2) is 0 Å². The molecule has 10 nitrogen and oxygen atoms in total. The number of ether oxygens (including phenoxy) is 1. The Morgan fingerprint density at radius 3 is 2.35 bits per heavy atom. The quantitative estimate of drug-likeness (QED) is 0.154. The Balaban J connectivity index is 4.21. The van der Waals surface area contributed by atoms with Crippen LogP contribution in [0.4, 0.5) is 0 Å². The van der Waals surface area contributed by atoms with Gasteiger partial charge in [-0.15, -0.1) is 0 Å². The van der Waals surface area contributed by atoms with Crippen LogP contribution in [0.15, 0.2) is 0 Å². The fourth-order valence-electron chi connectivity index (χ4n) is 1.63. The fourth-order valence-corrected chi connectivity index (χ4v) is 1.89. The Morgan fingerprint density at radius 2 is 1.85 bits per heavy atom. The van der Waals surface area contributed by atoms with Crippen molar-refractivity contribution < 1.29 is 33.5 Å². The molecule has 0 fully saturated rings. The molecule has 26 heavy (non-hydrogen) atoms. The lowest BCUT2D eigenvalue weighted by molar-refractivity contribution is -0.870. The van der Waals surface area contributed by atoms with Crippen molar-refractivity contribution in [2.75, 3.05) is 46.6 Å². The predicted octanol–water partition coefficient (Wildman–Crippen LogP) is -3.38. The molecule has 0 aromatic carbocycles. The third kappa shape index (κ3) is 11.7. The third-order valence-corrected chi connectivity index (χ3v) is 3.62. The minimum Gasteiger partial charge on any atom is -0.548 e. The number of rotatable bonds is 12. The van der Waals surface area contributed by atoms with E-state index in [9.17, 15) is 24.3 Å². The number of carbonyl (C=O) groups excluding carboxylic acids is 4. The molecule has 0 saturated heterocycles. The first kappa shape index (κ1) is 24.1. The molecule has 0 heterocycles. The molecule has 0 aromatic rings. The number of quaternary nitrogens is 1. The number of nitrogens with one attached hydrogen (secondary N) is 2. The smallest absolute Gasteiger partial charge is 0.325 e. The summed E-state index contributed by atoms with van der Waals surface area (Å²) >= 11 is 3.98. The maximum Gasteiger partial charge on any atom is 0.325 e. The largest absolute Gasteiger partial charge is 0.548 e. The molecule has 2 amide bonds. The highest BCUT2D eigenvalue weighted by molar-refractivity contribution is 7.80. The number of carboxylic acid groups (broad SMARTS) is 1. The van der Waals surface area contributed by atoms with Gasteiger partial charge in [0.25, 0.3) is 0 Å².